The number of carbonyl (C=O) groups is 1. The predicted molar refractivity (Wildman–Crippen MR) is 142 cm³/mol. The lowest BCUT2D eigenvalue weighted by atomic mass is 9.83. The molecule has 3 fully saturated rings. The number of carbonyl (C=O) groups excluding carboxylic acids is 1. The lowest BCUT2D eigenvalue weighted by Crippen LogP contribution is -2.46. The normalized spacial score (nSPS) is 23.7. The first-order valence-electron chi connectivity index (χ1n) is 13.9. The Bertz CT molecular complexity index is 1190. The molecule has 3 heterocycles. The van der Waals surface area contributed by atoms with Gasteiger partial charge in [0.2, 0.25) is 0 Å². The van der Waals surface area contributed by atoms with Gasteiger partial charge in [-0.3, -0.25) is 4.79 Å². The molecule has 0 spiro atoms. The second-order valence-electron chi connectivity index (χ2n) is 11.2. The summed E-state index contributed by atoms with van der Waals surface area (Å²) in [7, 11) is 0. The molecule has 0 unspecified atom stereocenters. The minimum atomic E-state index is -0.804. The van der Waals surface area contributed by atoms with E-state index >= 15 is 0 Å². The third-order valence-corrected chi connectivity index (χ3v) is 9.02. The number of hydrogen-bond donors (Lipinski definition) is 1. The van der Waals surface area contributed by atoms with Crippen molar-refractivity contribution >= 4 is 16.9 Å². The van der Waals surface area contributed by atoms with Crippen LogP contribution in [0, 0.1) is 0 Å². The van der Waals surface area contributed by atoms with Gasteiger partial charge in [0.25, 0.3) is 5.91 Å². The molecule has 1 amide bonds. The van der Waals surface area contributed by atoms with Gasteiger partial charge in [0, 0.05) is 37.6 Å². The van der Waals surface area contributed by atoms with Crippen molar-refractivity contribution in [1.82, 2.24) is 9.80 Å². The third kappa shape index (κ3) is 4.71. The largest absolute Gasteiger partial charge is 0.451 e. The number of rotatable bonds is 4. The van der Waals surface area contributed by atoms with E-state index in [1.54, 1.807) is 0 Å². The van der Waals surface area contributed by atoms with Crippen LogP contribution in [-0.2, 0) is 5.60 Å². The number of piperidine rings is 1. The van der Waals surface area contributed by atoms with E-state index in [0.717, 1.165) is 69.2 Å². The quantitative estimate of drug-likeness (QED) is 0.486. The van der Waals surface area contributed by atoms with Gasteiger partial charge in [-0.25, -0.2) is 0 Å². The van der Waals surface area contributed by atoms with Gasteiger partial charge in [-0.15, -0.1) is 0 Å². The van der Waals surface area contributed by atoms with Crippen molar-refractivity contribution in [2.45, 2.75) is 75.3 Å². The Balaban J connectivity index is 1.14. The maximum absolute atomic E-state index is 13.4. The summed E-state index contributed by atoms with van der Waals surface area (Å²) in [5.74, 6) is 0.886. The molecule has 1 saturated carbocycles. The molecule has 1 aliphatic carbocycles. The van der Waals surface area contributed by atoms with E-state index < -0.39 is 5.60 Å². The topological polar surface area (TPSA) is 56.9 Å². The van der Waals surface area contributed by atoms with Gasteiger partial charge >= 0.3 is 0 Å². The number of nitrogens with zero attached hydrogens (tertiary/aromatic N) is 2. The zero-order valence-electron chi connectivity index (χ0n) is 21.2. The molecule has 1 aromatic heterocycles. The number of benzene rings is 2. The van der Waals surface area contributed by atoms with E-state index in [-0.39, 0.29) is 5.91 Å². The summed E-state index contributed by atoms with van der Waals surface area (Å²) in [5.41, 5.74) is 2.23. The number of hydrogen-bond acceptors (Lipinski definition) is 4. The van der Waals surface area contributed by atoms with Crippen LogP contribution in [0.4, 0.5) is 0 Å². The summed E-state index contributed by atoms with van der Waals surface area (Å²) in [6.45, 7) is 3.42. The monoisotopic (exact) mass is 486 g/mol. The molecule has 1 atom stereocenters. The minimum Gasteiger partial charge on any atom is -0.451 e. The van der Waals surface area contributed by atoms with Crippen LogP contribution in [0.3, 0.4) is 0 Å². The fourth-order valence-corrected chi connectivity index (χ4v) is 6.77. The summed E-state index contributed by atoms with van der Waals surface area (Å²) in [4.78, 5) is 17.9. The van der Waals surface area contributed by atoms with Gasteiger partial charge in [0.05, 0.1) is 5.60 Å². The Labute approximate surface area is 214 Å². The van der Waals surface area contributed by atoms with Crippen molar-refractivity contribution in [2.75, 3.05) is 26.2 Å². The predicted octanol–water partition coefficient (Wildman–Crippen LogP) is 6.07. The molecule has 1 N–H and O–H groups in total. The fourth-order valence-electron chi connectivity index (χ4n) is 6.77. The molecular formula is C31H38N2O3. The highest BCUT2D eigenvalue weighted by molar-refractivity contribution is 5.96. The van der Waals surface area contributed by atoms with E-state index in [9.17, 15) is 9.90 Å². The lowest BCUT2D eigenvalue weighted by molar-refractivity contribution is -0.0349. The van der Waals surface area contributed by atoms with Gasteiger partial charge in [-0.1, -0.05) is 49.2 Å². The number of likely N-dealkylation sites (tertiary alicyclic amines) is 2. The zero-order valence-corrected chi connectivity index (χ0v) is 21.2. The lowest BCUT2D eigenvalue weighted by Gasteiger charge is -2.41. The van der Waals surface area contributed by atoms with Crippen LogP contribution in [0.2, 0.25) is 0 Å². The van der Waals surface area contributed by atoms with Crippen LogP contribution in [0.25, 0.3) is 11.0 Å². The highest BCUT2D eigenvalue weighted by atomic mass is 16.3. The van der Waals surface area contributed by atoms with Crippen LogP contribution in [-0.4, -0.2) is 53.0 Å². The van der Waals surface area contributed by atoms with Crippen LogP contribution in [0.5, 0.6) is 0 Å². The van der Waals surface area contributed by atoms with Crippen LogP contribution in [0.15, 0.2) is 59.0 Å². The molecule has 2 saturated heterocycles. The number of aliphatic hydroxyl groups is 1. The standard InChI is InChI=1S/C31H38N2O3/c34-30(33-17-6-9-24(14-18-33)23-7-2-1-3-8-23)29-22-25-21-26(12-13-28(25)36-29)31(35)15-19-32(20-16-31)27-10-4-5-11-27/h1-3,7-8,12-13,21-22,24,27,35H,4-6,9-11,14-20H2/t24-/m0/s1. The van der Waals surface area contributed by atoms with Crippen molar-refractivity contribution in [2.24, 2.45) is 0 Å². The third-order valence-electron chi connectivity index (χ3n) is 9.02. The Morgan fingerprint density at radius 3 is 2.42 bits per heavy atom. The smallest absolute Gasteiger partial charge is 0.289 e. The molecule has 0 radical (unpaired) electrons. The molecule has 2 aromatic carbocycles. The molecule has 36 heavy (non-hydrogen) atoms. The molecular weight excluding hydrogens is 448 g/mol. The highest BCUT2D eigenvalue weighted by Gasteiger charge is 2.37. The van der Waals surface area contributed by atoms with Gasteiger partial charge < -0.3 is 19.3 Å². The van der Waals surface area contributed by atoms with Crippen LogP contribution >= 0.6 is 0 Å². The van der Waals surface area contributed by atoms with Crippen LogP contribution < -0.4 is 0 Å². The Kier molecular flexibility index (Phi) is 6.61. The number of amides is 1. The fraction of sp³-hybridized carbons (Fsp3) is 0.516. The molecule has 3 aromatic rings. The molecule has 5 nitrogen and oxygen atoms in total. The SMILES string of the molecule is O=C(c1cc2cc(C3(O)CCN(C4CCCC4)CC3)ccc2o1)N1CCC[C@H](c2ccccc2)CC1. The van der Waals surface area contributed by atoms with Gasteiger partial charge in [-0.05, 0) is 80.2 Å². The molecule has 2 aliphatic heterocycles. The Hall–Kier alpha value is -2.63. The first-order valence-corrected chi connectivity index (χ1v) is 13.9. The second-order valence-corrected chi connectivity index (χ2v) is 11.2. The average Bonchev–Trinajstić information content (AvgIpc) is 3.54. The van der Waals surface area contributed by atoms with Crippen molar-refractivity contribution in [3.8, 4) is 0 Å². The van der Waals surface area contributed by atoms with E-state index in [0.29, 0.717) is 23.3 Å². The summed E-state index contributed by atoms with van der Waals surface area (Å²) < 4.78 is 6.01. The van der Waals surface area contributed by atoms with Crippen LogP contribution in [0.1, 0.15) is 85.4 Å². The average molecular weight is 487 g/mol. The maximum Gasteiger partial charge on any atom is 0.289 e. The Morgan fingerprint density at radius 2 is 1.64 bits per heavy atom. The maximum atomic E-state index is 13.4. The number of furan rings is 1. The van der Waals surface area contributed by atoms with E-state index in [1.165, 1.54) is 31.2 Å². The zero-order chi connectivity index (χ0) is 24.5. The first-order chi connectivity index (χ1) is 17.6. The van der Waals surface area contributed by atoms with E-state index in [4.69, 9.17) is 4.42 Å². The first kappa shape index (κ1) is 23.7. The molecule has 190 valence electrons. The highest BCUT2D eigenvalue weighted by Crippen LogP contribution is 2.37. The molecule has 5 heteroatoms. The summed E-state index contributed by atoms with van der Waals surface area (Å²) in [6, 6.07) is 19.2. The van der Waals surface area contributed by atoms with E-state index in [1.807, 2.05) is 29.2 Å². The van der Waals surface area contributed by atoms with E-state index in [2.05, 4.69) is 35.2 Å². The molecule has 3 aliphatic rings. The summed E-state index contributed by atoms with van der Waals surface area (Å²) in [5, 5.41) is 12.4. The van der Waals surface area contributed by atoms with Crippen molar-refractivity contribution in [1.29, 1.82) is 0 Å². The van der Waals surface area contributed by atoms with Crippen molar-refractivity contribution in [3.05, 3.63) is 71.5 Å². The van der Waals surface area contributed by atoms with Gasteiger partial charge in [0.1, 0.15) is 5.58 Å². The number of fused-ring (bicyclic) bond motifs is 1. The molecule has 0 bridgehead atoms. The van der Waals surface area contributed by atoms with Crippen molar-refractivity contribution in [3.63, 3.8) is 0 Å². The summed E-state index contributed by atoms with van der Waals surface area (Å²) in [6.07, 6.45) is 9.90. The van der Waals surface area contributed by atoms with Crippen molar-refractivity contribution < 1.29 is 14.3 Å². The Morgan fingerprint density at radius 1 is 0.861 bits per heavy atom. The molecule has 6 rings (SSSR count). The second kappa shape index (κ2) is 10.0. The van der Waals surface area contributed by atoms with Gasteiger partial charge in [-0.2, -0.15) is 0 Å². The van der Waals surface area contributed by atoms with Gasteiger partial charge in [0.15, 0.2) is 5.76 Å². The minimum absolute atomic E-state index is 0.0231. The summed E-state index contributed by atoms with van der Waals surface area (Å²) >= 11 is 0.